The van der Waals surface area contributed by atoms with Gasteiger partial charge >= 0.3 is 0 Å². The van der Waals surface area contributed by atoms with Crippen LogP contribution in [0.4, 0.5) is 0 Å². The Morgan fingerprint density at radius 2 is 2.24 bits per heavy atom. The van der Waals surface area contributed by atoms with E-state index in [1.54, 1.807) is 6.92 Å². The molecule has 1 atom stereocenters. The summed E-state index contributed by atoms with van der Waals surface area (Å²) >= 11 is 3.37. The van der Waals surface area contributed by atoms with Crippen molar-refractivity contribution in [3.05, 3.63) is 33.8 Å². The standard InChI is InChI=1S/C13H18BrNO2/c1-9-8-11(14)5-6-12(9)13(17)15-7-3-4-10(2)16/h5-6,8,10,16H,3-4,7H2,1-2H3,(H,15,17). The number of carbonyl (C=O) groups excluding carboxylic acids is 1. The van der Waals surface area contributed by atoms with Gasteiger partial charge in [0.2, 0.25) is 0 Å². The molecule has 17 heavy (non-hydrogen) atoms. The minimum absolute atomic E-state index is 0.0550. The van der Waals surface area contributed by atoms with Crippen LogP contribution in [0.2, 0.25) is 0 Å². The van der Waals surface area contributed by atoms with Crippen molar-refractivity contribution < 1.29 is 9.90 Å². The summed E-state index contributed by atoms with van der Waals surface area (Å²) in [5.74, 6) is -0.0550. The lowest BCUT2D eigenvalue weighted by Gasteiger charge is -2.08. The molecule has 4 heteroatoms. The highest BCUT2D eigenvalue weighted by atomic mass is 79.9. The van der Waals surface area contributed by atoms with Gasteiger partial charge in [0.05, 0.1) is 6.10 Å². The van der Waals surface area contributed by atoms with Gasteiger partial charge in [-0.25, -0.2) is 0 Å². The molecule has 0 radical (unpaired) electrons. The van der Waals surface area contributed by atoms with E-state index in [1.165, 1.54) is 0 Å². The number of amides is 1. The second kappa shape index (κ2) is 6.77. The Kier molecular flexibility index (Phi) is 5.65. The van der Waals surface area contributed by atoms with Crippen molar-refractivity contribution in [2.45, 2.75) is 32.8 Å². The van der Waals surface area contributed by atoms with Crippen molar-refractivity contribution in [1.29, 1.82) is 0 Å². The minimum atomic E-state index is -0.304. The second-order valence-electron chi connectivity index (χ2n) is 4.21. The van der Waals surface area contributed by atoms with E-state index in [-0.39, 0.29) is 12.0 Å². The maximum Gasteiger partial charge on any atom is 0.251 e. The third-order valence-corrected chi connectivity index (χ3v) is 3.01. The number of aliphatic hydroxyl groups excluding tert-OH is 1. The van der Waals surface area contributed by atoms with Crippen LogP contribution in [-0.4, -0.2) is 23.7 Å². The van der Waals surface area contributed by atoms with Crippen LogP contribution in [0.3, 0.4) is 0 Å². The van der Waals surface area contributed by atoms with Gasteiger partial charge in [-0.15, -0.1) is 0 Å². The summed E-state index contributed by atoms with van der Waals surface area (Å²) in [5, 5.41) is 11.9. The van der Waals surface area contributed by atoms with Crippen molar-refractivity contribution in [3.8, 4) is 0 Å². The molecule has 0 aliphatic carbocycles. The first kappa shape index (κ1) is 14.2. The molecule has 2 N–H and O–H groups in total. The summed E-state index contributed by atoms with van der Waals surface area (Å²) in [6, 6.07) is 5.59. The zero-order valence-corrected chi connectivity index (χ0v) is 11.8. The average molecular weight is 300 g/mol. The van der Waals surface area contributed by atoms with Gasteiger partial charge in [-0.3, -0.25) is 4.79 Å². The van der Waals surface area contributed by atoms with Crippen molar-refractivity contribution in [3.63, 3.8) is 0 Å². The summed E-state index contributed by atoms with van der Waals surface area (Å²) in [5.41, 5.74) is 1.65. The number of hydrogen-bond donors (Lipinski definition) is 2. The fourth-order valence-electron chi connectivity index (χ4n) is 1.58. The van der Waals surface area contributed by atoms with E-state index in [9.17, 15) is 4.79 Å². The van der Waals surface area contributed by atoms with Gasteiger partial charge in [0.15, 0.2) is 0 Å². The number of carbonyl (C=O) groups is 1. The highest BCUT2D eigenvalue weighted by Gasteiger charge is 2.08. The lowest BCUT2D eigenvalue weighted by Crippen LogP contribution is -2.25. The SMILES string of the molecule is Cc1cc(Br)ccc1C(=O)NCCCC(C)O. The van der Waals surface area contributed by atoms with Gasteiger partial charge in [-0.05, 0) is 50.5 Å². The Morgan fingerprint density at radius 3 is 2.82 bits per heavy atom. The predicted octanol–water partition coefficient (Wildman–Crippen LogP) is 2.65. The maximum absolute atomic E-state index is 11.8. The largest absolute Gasteiger partial charge is 0.393 e. The highest BCUT2D eigenvalue weighted by molar-refractivity contribution is 9.10. The number of halogens is 1. The molecular weight excluding hydrogens is 282 g/mol. The van der Waals surface area contributed by atoms with Gasteiger partial charge in [0.1, 0.15) is 0 Å². The van der Waals surface area contributed by atoms with Gasteiger partial charge < -0.3 is 10.4 Å². The second-order valence-corrected chi connectivity index (χ2v) is 5.12. The normalized spacial score (nSPS) is 12.2. The molecule has 1 amide bonds. The Balaban J connectivity index is 2.47. The van der Waals surface area contributed by atoms with Crippen LogP contribution < -0.4 is 5.32 Å². The van der Waals surface area contributed by atoms with E-state index in [0.29, 0.717) is 18.5 Å². The van der Waals surface area contributed by atoms with Crippen molar-refractivity contribution >= 4 is 21.8 Å². The molecule has 0 saturated carbocycles. The lowest BCUT2D eigenvalue weighted by molar-refractivity contribution is 0.0949. The van der Waals surface area contributed by atoms with Crippen LogP contribution in [0, 0.1) is 6.92 Å². The molecule has 1 aromatic carbocycles. The summed E-state index contributed by atoms with van der Waals surface area (Å²) in [6.45, 7) is 4.26. The molecule has 0 heterocycles. The van der Waals surface area contributed by atoms with Crippen LogP contribution in [0.5, 0.6) is 0 Å². The highest BCUT2D eigenvalue weighted by Crippen LogP contribution is 2.15. The summed E-state index contributed by atoms with van der Waals surface area (Å²) < 4.78 is 0.973. The zero-order chi connectivity index (χ0) is 12.8. The first-order chi connectivity index (χ1) is 8.00. The molecular formula is C13H18BrNO2. The predicted molar refractivity (Wildman–Crippen MR) is 72.1 cm³/mol. The van der Waals surface area contributed by atoms with Crippen LogP contribution in [0.15, 0.2) is 22.7 Å². The zero-order valence-electron chi connectivity index (χ0n) is 10.2. The molecule has 0 aliphatic rings. The minimum Gasteiger partial charge on any atom is -0.393 e. The molecule has 1 rings (SSSR count). The number of benzene rings is 1. The molecule has 0 spiro atoms. The van der Waals surface area contributed by atoms with E-state index < -0.39 is 0 Å². The lowest BCUT2D eigenvalue weighted by atomic mass is 10.1. The van der Waals surface area contributed by atoms with Gasteiger partial charge in [-0.2, -0.15) is 0 Å². The summed E-state index contributed by atoms with van der Waals surface area (Å²) in [6.07, 6.45) is 1.19. The molecule has 94 valence electrons. The Labute approximate surface area is 110 Å². The van der Waals surface area contributed by atoms with E-state index >= 15 is 0 Å². The quantitative estimate of drug-likeness (QED) is 0.821. The average Bonchev–Trinajstić information content (AvgIpc) is 2.23. The Bertz CT molecular complexity index is 391. The first-order valence-electron chi connectivity index (χ1n) is 5.73. The number of nitrogens with one attached hydrogen (secondary N) is 1. The molecule has 0 bridgehead atoms. The fourth-order valence-corrected chi connectivity index (χ4v) is 2.05. The molecule has 3 nitrogen and oxygen atoms in total. The maximum atomic E-state index is 11.8. The number of rotatable bonds is 5. The van der Waals surface area contributed by atoms with Crippen LogP contribution >= 0.6 is 15.9 Å². The van der Waals surface area contributed by atoms with E-state index in [2.05, 4.69) is 21.2 Å². The Hall–Kier alpha value is -0.870. The van der Waals surface area contributed by atoms with Gasteiger partial charge in [-0.1, -0.05) is 15.9 Å². The Morgan fingerprint density at radius 1 is 1.53 bits per heavy atom. The molecule has 1 unspecified atom stereocenters. The fraction of sp³-hybridized carbons (Fsp3) is 0.462. The van der Waals surface area contributed by atoms with E-state index in [0.717, 1.165) is 16.5 Å². The molecule has 1 aromatic rings. The van der Waals surface area contributed by atoms with E-state index in [1.807, 2.05) is 25.1 Å². The summed E-state index contributed by atoms with van der Waals surface area (Å²) in [7, 11) is 0. The number of aryl methyl sites for hydroxylation is 1. The molecule has 0 saturated heterocycles. The van der Waals surface area contributed by atoms with Gasteiger partial charge in [0, 0.05) is 16.6 Å². The van der Waals surface area contributed by atoms with Crippen LogP contribution in [0.1, 0.15) is 35.7 Å². The van der Waals surface area contributed by atoms with Crippen molar-refractivity contribution in [2.75, 3.05) is 6.54 Å². The van der Waals surface area contributed by atoms with Gasteiger partial charge in [0.25, 0.3) is 5.91 Å². The van der Waals surface area contributed by atoms with Crippen LogP contribution in [0.25, 0.3) is 0 Å². The monoisotopic (exact) mass is 299 g/mol. The first-order valence-corrected chi connectivity index (χ1v) is 6.52. The van der Waals surface area contributed by atoms with E-state index in [4.69, 9.17) is 5.11 Å². The third-order valence-electron chi connectivity index (χ3n) is 2.52. The summed E-state index contributed by atoms with van der Waals surface area (Å²) in [4.78, 5) is 11.8. The van der Waals surface area contributed by atoms with Crippen molar-refractivity contribution in [1.82, 2.24) is 5.32 Å². The molecule has 0 fully saturated rings. The topological polar surface area (TPSA) is 49.3 Å². The number of aliphatic hydroxyl groups is 1. The van der Waals surface area contributed by atoms with Crippen molar-refractivity contribution in [2.24, 2.45) is 0 Å². The third kappa shape index (κ3) is 4.88. The smallest absolute Gasteiger partial charge is 0.251 e. The van der Waals surface area contributed by atoms with Crippen LogP contribution in [-0.2, 0) is 0 Å². The number of hydrogen-bond acceptors (Lipinski definition) is 2. The molecule has 0 aliphatic heterocycles. The molecule has 0 aromatic heterocycles.